The van der Waals surface area contributed by atoms with Crippen molar-refractivity contribution in [3.63, 3.8) is 0 Å². The van der Waals surface area contributed by atoms with Gasteiger partial charge in [0.05, 0.1) is 17.8 Å². The van der Waals surface area contributed by atoms with Crippen LogP contribution in [-0.4, -0.2) is 21.1 Å². The van der Waals surface area contributed by atoms with Crippen LogP contribution >= 0.6 is 0 Å². The standard InChI is InChI=1S/C18H14N4O2/c1-13-2-3-15(16(8-13)10-19)12-24-18-5-7-21-22(18)17-9-14(11-23)4-6-20-17/h2-9,11H,12H2,1H3. The van der Waals surface area contributed by atoms with Crippen molar-refractivity contribution in [1.29, 1.82) is 5.26 Å². The zero-order chi connectivity index (χ0) is 16.9. The number of benzene rings is 1. The number of carbonyl (C=O) groups excluding carboxylic acids is 1. The summed E-state index contributed by atoms with van der Waals surface area (Å²) in [5.41, 5.74) is 2.91. The Balaban J connectivity index is 1.84. The second kappa shape index (κ2) is 6.75. The molecule has 0 saturated heterocycles. The molecule has 6 heteroatoms. The summed E-state index contributed by atoms with van der Waals surface area (Å²) >= 11 is 0. The van der Waals surface area contributed by atoms with Crippen molar-refractivity contribution in [3.8, 4) is 17.8 Å². The van der Waals surface area contributed by atoms with E-state index in [9.17, 15) is 10.1 Å². The Hall–Kier alpha value is -3.46. The monoisotopic (exact) mass is 318 g/mol. The third kappa shape index (κ3) is 3.15. The van der Waals surface area contributed by atoms with E-state index in [-0.39, 0.29) is 6.61 Å². The van der Waals surface area contributed by atoms with E-state index in [0.29, 0.717) is 22.8 Å². The predicted molar refractivity (Wildman–Crippen MR) is 87.0 cm³/mol. The van der Waals surface area contributed by atoms with Gasteiger partial charge in [0.2, 0.25) is 5.88 Å². The molecule has 6 nitrogen and oxygen atoms in total. The van der Waals surface area contributed by atoms with Crippen molar-refractivity contribution in [2.45, 2.75) is 13.5 Å². The Labute approximate surface area is 138 Å². The lowest BCUT2D eigenvalue weighted by Crippen LogP contribution is -2.06. The number of aromatic nitrogens is 3. The summed E-state index contributed by atoms with van der Waals surface area (Å²) in [4.78, 5) is 15.1. The summed E-state index contributed by atoms with van der Waals surface area (Å²) in [6.45, 7) is 2.18. The molecule has 0 saturated carbocycles. The van der Waals surface area contributed by atoms with Crippen molar-refractivity contribution < 1.29 is 9.53 Å². The predicted octanol–water partition coefficient (Wildman–Crippen LogP) is 2.84. The van der Waals surface area contributed by atoms with Gasteiger partial charge in [-0.2, -0.15) is 15.0 Å². The van der Waals surface area contributed by atoms with E-state index in [0.717, 1.165) is 17.4 Å². The molecule has 1 aromatic carbocycles. The van der Waals surface area contributed by atoms with E-state index >= 15 is 0 Å². The molecular weight excluding hydrogens is 304 g/mol. The number of aryl methyl sites for hydroxylation is 1. The van der Waals surface area contributed by atoms with Gasteiger partial charge in [-0.15, -0.1) is 0 Å². The lowest BCUT2D eigenvalue weighted by Gasteiger charge is -2.10. The summed E-state index contributed by atoms with van der Waals surface area (Å²) in [6, 6.07) is 12.8. The van der Waals surface area contributed by atoms with Crippen LogP contribution in [0.15, 0.2) is 48.8 Å². The third-order valence-electron chi connectivity index (χ3n) is 3.49. The Morgan fingerprint density at radius 2 is 2.12 bits per heavy atom. The van der Waals surface area contributed by atoms with Gasteiger partial charge in [0, 0.05) is 23.4 Å². The number of ether oxygens (including phenoxy) is 1. The number of pyridine rings is 1. The molecule has 0 atom stereocenters. The largest absolute Gasteiger partial charge is 0.473 e. The topological polar surface area (TPSA) is 80.8 Å². The maximum absolute atomic E-state index is 10.9. The van der Waals surface area contributed by atoms with Crippen LogP contribution in [0.25, 0.3) is 5.82 Å². The fourth-order valence-corrected chi connectivity index (χ4v) is 2.27. The van der Waals surface area contributed by atoms with E-state index in [1.807, 2.05) is 25.1 Å². The third-order valence-corrected chi connectivity index (χ3v) is 3.49. The molecule has 0 N–H and O–H groups in total. The van der Waals surface area contributed by atoms with Crippen LogP contribution in [0.3, 0.4) is 0 Å². The second-order valence-corrected chi connectivity index (χ2v) is 5.21. The molecule has 3 rings (SSSR count). The van der Waals surface area contributed by atoms with Crippen LogP contribution in [-0.2, 0) is 6.61 Å². The molecule has 0 bridgehead atoms. The summed E-state index contributed by atoms with van der Waals surface area (Å²) in [5.74, 6) is 0.971. The quantitative estimate of drug-likeness (QED) is 0.676. The van der Waals surface area contributed by atoms with Crippen LogP contribution in [0.1, 0.15) is 27.0 Å². The molecule has 0 unspecified atom stereocenters. The first-order valence-electron chi connectivity index (χ1n) is 7.29. The lowest BCUT2D eigenvalue weighted by atomic mass is 10.1. The number of carbonyl (C=O) groups is 1. The first kappa shape index (κ1) is 15.4. The van der Waals surface area contributed by atoms with Gasteiger partial charge in [-0.25, -0.2) is 4.98 Å². The summed E-state index contributed by atoms with van der Waals surface area (Å²) < 4.78 is 7.30. The van der Waals surface area contributed by atoms with E-state index < -0.39 is 0 Å². The van der Waals surface area contributed by atoms with Crippen LogP contribution in [0.2, 0.25) is 0 Å². The molecule has 2 heterocycles. The van der Waals surface area contributed by atoms with Crippen LogP contribution in [0.4, 0.5) is 0 Å². The van der Waals surface area contributed by atoms with Crippen LogP contribution < -0.4 is 4.74 Å². The Bertz CT molecular complexity index is 925. The fourth-order valence-electron chi connectivity index (χ4n) is 2.27. The molecule has 0 spiro atoms. The number of nitriles is 1. The van der Waals surface area contributed by atoms with Crippen molar-refractivity contribution in [2.24, 2.45) is 0 Å². The summed E-state index contributed by atoms with van der Waals surface area (Å²) in [6.07, 6.45) is 3.88. The molecule has 0 fully saturated rings. The van der Waals surface area contributed by atoms with Gasteiger partial charge in [-0.3, -0.25) is 4.79 Å². The van der Waals surface area contributed by atoms with Crippen LogP contribution in [0, 0.1) is 18.3 Å². The van der Waals surface area contributed by atoms with Crippen molar-refractivity contribution in [3.05, 3.63) is 71.0 Å². The van der Waals surface area contributed by atoms with Gasteiger partial charge in [-0.05, 0) is 30.7 Å². The number of hydrogen-bond acceptors (Lipinski definition) is 5. The Morgan fingerprint density at radius 1 is 1.25 bits per heavy atom. The number of nitrogens with zero attached hydrogens (tertiary/aromatic N) is 4. The number of aldehydes is 1. The molecule has 118 valence electrons. The highest BCUT2D eigenvalue weighted by Gasteiger charge is 2.10. The molecule has 3 aromatic rings. The minimum atomic E-state index is 0.238. The van der Waals surface area contributed by atoms with Gasteiger partial charge >= 0.3 is 0 Å². The van der Waals surface area contributed by atoms with E-state index in [1.54, 1.807) is 24.4 Å². The zero-order valence-electron chi connectivity index (χ0n) is 13.0. The molecular formula is C18H14N4O2. The highest BCUT2D eigenvalue weighted by molar-refractivity contribution is 5.75. The molecule has 0 amide bonds. The molecule has 2 aromatic heterocycles. The minimum absolute atomic E-state index is 0.238. The van der Waals surface area contributed by atoms with Crippen molar-refractivity contribution >= 4 is 6.29 Å². The molecule has 0 aliphatic rings. The van der Waals surface area contributed by atoms with E-state index in [4.69, 9.17) is 4.74 Å². The van der Waals surface area contributed by atoms with Gasteiger partial charge in [0.1, 0.15) is 12.9 Å². The van der Waals surface area contributed by atoms with Gasteiger partial charge in [0.15, 0.2) is 5.82 Å². The highest BCUT2D eigenvalue weighted by Crippen LogP contribution is 2.19. The van der Waals surface area contributed by atoms with Gasteiger partial charge in [0.25, 0.3) is 0 Å². The first-order chi connectivity index (χ1) is 11.7. The maximum Gasteiger partial charge on any atom is 0.218 e. The number of rotatable bonds is 5. The van der Waals surface area contributed by atoms with E-state index in [2.05, 4.69) is 16.2 Å². The summed E-state index contributed by atoms with van der Waals surface area (Å²) in [5, 5.41) is 13.4. The Kier molecular flexibility index (Phi) is 4.34. The van der Waals surface area contributed by atoms with Crippen molar-refractivity contribution in [1.82, 2.24) is 14.8 Å². The average Bonchev–Trinajstić information content (AvgIpc) is 3.09. The zero-order valence-corrected chi connectivity index (χ0v) is 13.0. The molecule has 0 aliphatic carbocycles. The minimum Gasteiger partial charge on any atom is -0.473 e. The fraction of sp³-hybridized carbons (Fsp3) is 0.111. The summed E-state index contributed by atoms with van der Waals surface area (Å²) in [7, 11) is 0. The highest BCUT2D eigenvalue weighted by atomic mass is 16.5. The Morgan fingerprint density at radius 3 is 2.92 bits per heavy atom. The van der Waals surface area contributed by atoms with Crippen LogP contribution in [0.5, 0.6) is 5.88 Å². The molecule has 0 aliphatic heterocycles. The van der Waals surface area contributed by atoms with Gasteiger partial charge in [-0.1, -0.05) is 12.1 Å². The van der Waals surface area contributed by atoms with Crippen molar-refractivity contribution in [2.75, 3.05) is 0 Å². The number of hydrogen-bond donors (Lipinski definition) is 0. The van der Waals surface area contributed by atoms with Gasteiger partial charge < -0.3 is 4.74 Å². The maximum atomic E-state index is 10.9. The SMILES string of the molecule is Cc1ccc(COc2ccnn2-c2cc(C=O)ccn2)c(C#N)c1. The molecule has 24 heavy (non-hydrogen) atoms. The lowest BCUT2D eigenvalue weighted by molar-refractivity contribution is 0.112. The second-order valence-electron chi connectivity index (χ2n) is 5.21. The van der Waals surface area contributed by atoms with E-state index in [1.165, 1.54) is 10.9 Å². The smallest absolute Gasteiger partial charge is 0.218 e. The molecule has 0 radical (unpaired) electrons. The average molecular weight is 318 g/mol. The normalized spacial score (nSPS) is 10.2. The first-order valence-corrected chi connectivity index (χ1v) is 7.29.